The minimum atomic E-state index is 0. The Hall–Kier alpha value is -0.660. The maximum atomic E-state index is 3.06. The topological polar surface area (TPSA) is 0 Å². The van der Waals surface area contributed by atoms with Crippen LogP contribution in [0.15, 0.2) is 72.8 Å². The first kappa shape index (κ1) is 34.0. The molecule has 0 amide bonds. The number of benzene rings is 2. The van der Waals surface area contributed by atoms with Crippen molar-refractivity contribution in [3.63, 3.8) is 0 Å². The molecule has 0 saturated carbocycles. The summed E-state index contributed by atoms with van der Waals surface area (Å²) < 4.78 is 0. The summed E-state index contributed by atoms with van der Waals surface area (Å²) in [5, 5.41) is 5.54. The minimum absolute atomic E-state index is 0. The van der Waals surface area contributed by atoms with Crippen LogP contribution in [-0.4, -0.2) is 6.88 Å². The van der Waals surface area contributed by atoms with Crippen LogP contribution < -0.4 is 0 Å². The van der Waals surface area contributed by atoms with E-state index in [0.717, 1.165) is 0 Å². The van der Waals surface area contributed by atoms with E-state index in [-0.39, 0.29) is 39.7 Å². The van der Waals surface area contributed by atoms with Gasteiger partial charge < -0.3 is 14.9 Å². The van der Waals surface area contributed by atoms with Gasteiger partial charge in [-0.2, -0.15) is 11.1 Å². The molecule has 4 aromatic rings. The van der Waals surface area contributed by atoms with Gasteiger partial charge in [0.1, 0.15) is 0 Å². The fraction of sp³-hybridized carbons (Fsp3) is 0.231. The summed E-state index contributed by atoms with van der Waals surface area (Å²) >= 11 is 1.36. The molecule has 0 N–H and O–H groups in total. The monoisotopic (exact) mass is 534 g/mol. The van der Waals surface area contributed by atoms with Crippen molar-refractivity contribution >= 4 is 53.2 Å². The van der Waals surface area contributed by atoms with Crippen molar-refractivity contribution in [3.05, 3.63) is 98.8 Å². The van der Waals surface area contributed by atoms with Gasteiger partial charge in [0, 0.05) is 0 Å². The molecule has 2 radical (unpaired) electrons. The van der Waals surface area contributed by atoms with Crippen LogP contribution in [-0.2, 0) is 23.3 Å². The first-order valence-electron chi connectivity index (χ1n) is 9.11. The quantitative estimate of drug-likeness (QED) is 0.177. The Morgan fingerprint density at radius 2 is 0.933 bits per heavy atom. The van der Waals surface area contributed by atoms with E-state index in [9.17, 15) is 0 Å². The summed E-state index contributed by atoms with van der Waals surface area (Å²) in [5.41, 5.74) is 2.93. The van der Waals surface area contributed by atoms with Crippen LogP contribution in [0.1, 0.15) is 50.7 Å². The summed E-state index contributed by atoms with van der Waals surface area (Å²) in [6.07, 6.45) is 0. The van der Waals surface area contributed by atoms with Crippen LogP contribution in [0.3, 0.4) is 0 Å². The molecule has 4 heteroatoms. The fourth-order valence-corrected chi connectivity index (χ4v) is 3.36. The molecule has 0 aliphatic carbocycles. The first-order chi connectivity index (χ1) is 12.6. The van der Waals surface area contributed by atoms with Crippen molar-refractivity contribution in [1.29, 1.82) is 0 Å². The normalized spacial score (nSPS) is 9.10. The predicted molar refractivity (Wildman–Crippen MR) is 140 cm³/mol. The Kier molecular flexibility index (Phi) is 19.2. The average Bonchev–Trinajstić information content (AvgIpc) is 3.28. The SMILES string of the molecule is CC(C)c1c[cH-]c2ccccc12.CC(C)c1c[cH-]c2ccccc12.Cl.Cl.[CH3-].[CH3-].[Si]=[Zr]. The standard InChI is InChI=1S/2C12H13.2CH3.2ClH.Si.Zr/c2*1-9(2)11-8-7-10-5-3-4-6-12(10)11;;;;;;/h2*3-9H,1-2H3;2*1H3;2*1H;;/q4*-1;;;;. The summed E-state index contributed by atoms with van der Waals surface area (Å²) in [6.45, 7) is 12.0. The van der Waals surface area contributed by atoms with Gasteiger partial charge in [-0.05, 0) is 0 Å². The van der Waals surface area contributed by atoms with Gasteiger partial charge in [0.25, 0.3) is 0 Å². The summed E-state index contributed by atoms with van der Waals surface area (Å²) in [6, 6.07) is 26.0. The number of rotatable bonds is 2. The molecule has 4 rings (SSSR count). The second-order valence-corrected chi connectivity index (χ2v) is 7.06. The molecular weight excluding hydrogens is 503 g/mol. The zero-order valence-corrected chi connectivity index (χ0v) is 24.0. The molecule has 0 heterocycles. The van der Waals surface area contributed by atoms with Gasteiger partial charge in [-0.25, -0.2) is 0 Å². The van der Waals surface area contributed by atoms with E-state index in [4.69, 9.17) is 0 Å². The van der Waals surface area contributed by atoms with Crippen LogP contribution in [0.2, 0.25) is 0 Å². The van der Waals surface area contributed by atoms with Crippen LogP contribution in [0.25, 0.3) is 21.5 Å². The van der Waals surface area contributed by atoms with E-state index < -0.39 is 0 Å². The van der Waals surface area contributed by atoms with E-state index in [2.05, 4.69) is 107 Å². The van der Waals surface area contributed by atoms with E-state index in [1.54, 1.807) is 0 Å². The van der Waals surface area contributed by atoms with Gasteiger partial charge >= 0.3 is 30.2 Å². The molecule has 0 nitrogen and oxygen atoms in total. The maximum absolute atomic E-state index is 3.06. The molecule has 0 aromatic heterocycles. The van der Waals surface area contributed by atoms with E-state index in [1.807, 2.05) is 0 Å². The Labute approximate surface area is 213 Å². The number of hydrogen-bond acceptors (Lipinski definition) is 0. The average molecular weight is 537 g/mol. The summed E-state index contributed by atoms with van der Waals surface area (Å²) in [4.78, 5) is 0. The molecule has 4 aromatic carbocycles. The third kappa shape index (κ3) is 8.46. The number of hydrogen-bond donors (Lipinski definition) is 0. The van der Waals surface area contributed by atoms with Crippen LogP contribution in [0, 0.1) is 14.9 Å². The number of fused-ring (bicyclic) bond motifs is 2. The molecular formula is C26H34Cl2SiZr-4. The second kappa shape index (κ2) is 17.0. The Bertz CT molecular complexity index is 876. The fourth-order valence-electron chi connectivity index (χ4n) is 3.36. The first-order valence-corrected chi connectivity index (χ1v) is 13.3. The Morgan fingerprint density at radius 1 is 0.633 bits per heavy atom. The molecule has 0 aliphatic rings. The molecule has 0 unspecified atom stereocenters. The van der Waals surface area contributed by atoms with Gasteiger partial charge in [-0.1, -0.05) is 51.7 Å². The number of halogens is 2. The molecule has 164 valence electrons. The van der Waals surface area contributed by atoms with E-state index in [1.165, 1.54) is 56.0 Å². The zero-order chi connectivity index (χ0) is 19.1. The van der Waals surface area contributed by atoms with Crippen LogP contribution in [0.4, 0.5) is 0 Å². The zero-order valence-electron chi connectivity index (χ0n) is 18.9. The van der Waals surface area contributed by atoms with Gasteiger partial charge in [0.15, 0.2) is 0 Å². The van der Waals surface area contributed by atoms with E-state index >= 15 is 0 Å². The van der Waals surface area contributed by atoms with Crippen molar-refractivity contribution < 1.29 is 23.3 Å². The molecule has 0 spiro atoms. The van der Waals surface area contributed by atoms with Crippen molar-refractivity contribution in [2.45, 2.75) is 39.5 Å². The molecule has 0 saturated heterocycles. The molecule has 0 aliphatic heterocycles. The third-order valence-electron chi connectivity index (χ3n) is 4.67. The summed E-state index contributed by atoms with van der Waals surface area (Å²) in [7, 11) is 0. The third-order valence-corrected chi connectivity index (χ3v) is 4.67. The molecule has 0 fully saturated rings. The van der Waals surface area contributed by atoms with Crippen molar-refractivity contribution in [3.8, 4) is 0 Å². The van der Waals surface area contributed by atoms with Crippen LogP contribution >= 0.6 is 24.8 Å². The van der Waals surface area contributed by atoms with Gasteiger partial charge in [0.2, 0.25) is 0 Å². The molecule has 30 heavy (non-hydrogen) atoms. The van der Waals surface area contributed by atoms with Crippen LogP contribution in [0.5, 0.6) is 0 Å². The van der Waals surface area contributed by atoms with Gasteiger partial charge in [-0.15, -0.1) is 107 Å². The Balaban J connectivity index is -0.000000400. The Morgan fingerprint density at radius 3 is 1.23 bits per heavy atom. The second-order valence-electron chi connectivity index (χ2n) is 7.06. The van der Waals surface area contributed by atoms with Crippen molar-refractivity contribution in [2.24, 2.45) is 0 Å². The van der Waals surface area contributed by atoms with Gasteiger partial charge in [0.05, 0.1) is 0 Å². The molecule has 0 bridgehead atoms. The summed E-state index contributed by atoms with van der Waals surface area (Å²) in [5.74, 6) is 1.26. The predicted octanol–water partition coefficient (Wildman–Crippen LogP) is 8.73. The van der Waals surface area contributed by atoms with E-state index in [0.29, 0.717) is 11.8 Å². The van der Waals surface area contributed by atoms with Crippen molar-refractivity contribution in [1.82, 2.24) is 0 Å². The van der Waals surface area contributed by atoms with Crippen molar-refractivity contribution in [2.75, 3.05) is 0 Å². The van der Waals surface area contributed by atoms with Gasteiger partial charge in [-0.3, -0.25) is 0 Å². The molecule has 0 atom stereocenters.